The molecule has 156 valence electrons. The van der Waals surface area contributed by atoms with Crippen LogP contribution >= 0.6 is 0 Å². The number of piperidine rings is 1. The van der Waals surface area contributed by atoms with Gasteiger partial charge >= 0.3 is 0 Å². The molecule has 5 rings (SSSR count). The number of carbonyl (C=O) groups is 3. The number of amides is 3. The quantitative estimate of drug-likeness (QED) is 0.503. The lowest BCUT2D eigenvalue weighted by Gasteiger charge is -2.29. The van der Waals surface area contributed by atoms with E-state index in [2.05, 4.69) is 10.4 Å². The van der Waals surface area contributed by atoms with Crippen LogP contribution in [0.15, 0.2) is 48.7 Å². The second kappa shape index (κ2) is 7.09. The van der Waals surface area contributed by atoms with E-state index < -0.39 is 11.9 Å². The maximum absolute atomic E-state index is 12.9. The third kappa shape index (κ3) is 3.16. The molecule has 8 heteroatoms. The van der Waals surface area contributed by atoms with E-state index in [1.807, 2.05) is 43.4 Å². The van der Waals surface area contributed by atoms with Crippen molar-refractivity contribution in [3.8, 4) is 22.4 Å². The fraction of sp³-hybridized carbons (Fsp3) is 0.217. The Hall–Kier alpha value is -3.94. The molecule has 1 aromatic heterocycles. The van der Waals surface area contributed by atoms with Crippen molar-refractivity contribution < 1.29 is 14.4 Å². The van der Waals surface area contributed by atoms with Crippen LogP contribution in [0.25, 0.3) is 22.4 Å². The van der Waals surface area contributed by atoms with Crippen LogP contribution in [-0.4, -0.2) is 38.4 Å². The van der Waals surface area contributed by atoms with Crippen molar-refractivity contribution in [2.45, 2.75) is 25.4 Å². The molecule has 0 saturated carbocycles. The van der Waals surface area contributed by atoms with Crippen LogP contribution in [0, 0.1) is 0 Å². The minimum absolute atomic E-state index is 0.182. The van der Waals surface area contributed by atoms with Crippen LogP contribution in [0.5, 0.6) is 0 Å². The van der Waals surface area contributed by atoms with Crippen LogP contribution < -0.4 is 11.1 Å². The monoisotopic (exact) mass is 415 g/mol. The van der Waals surface area contributed by atoms with E-state index in [9.17, 15) is 14.4 Å². The van der Waals surface area contributed by atoms with Crippen molar-refractivity contribution in [1.29, 1.82) is 0 Å². The first kappa shape index (κ1) is 19.0. The predicted octanol–water partition coefficient (Wildman–Crippen LogP) is 2.10. The van der Waals surface area contributed by atoms with Gasteiger partial charge in [-0.1, -0.05) is 18.2 Å². The Labute approximate surface area is 178 Å². The molecule has 1 unspecified atom stereocenters. The van der Waals surface area contributed by atoms with Crippen molar-refractivity contribution in [2.24, 2.45) is 7.05 Å². The number of aryl methyl sites for hydroxylation is 1. The highest BCUT2D eigenvalue weighted by Crippen LogP contribution is 2.36. The molecular weight excluding hydrogens is 394 g/mol. The summed E-state index contributed by atoms with van der Waals surface area (Å²) in [5, 5.41) is 6.76. The van der Waals surface area contributed by atoms with Crippen LogP contribution in [0.1, 0.15) is 28.8 Å². The maximum Gasteiger partial charge on any atom is 0.255 e. The Morgan fingerprint density at radius 2 is 1.90 bits per heavy atom. The largest absolute Gasteiger partial charge is 0.399 e. The van der Waals surface area contributed by atoms with Gasteiger partial charge in [-0.2, -0.15) is 5.10 Å². The van der Waals surface area contributed by atoms with Crippen molar-refractivity contribution in [3.63, 3.8) is 0 Å². The van der Waals surface area contributed by atoms with Gasteiger partial charge in [0.2, 0.25) is 11.8 Å². The van der Waals surface area contributed by atoms with E-state index in [1.165, 1.54) is 0 Å². The van der Waals surface area contributed by atoms with Gasteiger partial charge in [0.15, 0.2) is 0 Å². The number of hydrogen-bond donors (Lipinski definition) is 2. The average molecular weight is 415 g/mol. The Kier molecular flexibility index (Phi) is 4.35. The number of benzene rings is 2. The highest BCUT2D eigenvalue weighted by atomic mass is 16.2. The molecule has 3 heterocycles. The summed E-state index contributed by atoms with van der Waals surface area (Å²) in [5.74, 6) is -0.884. The highest BCUT2D eigenvalue weighted by molar-refractivity contribution is 6.05. The lowest BCUT2D eigenvalue weighted by atomic mass is 9.98. The van der Waals surface area contributed by atoms with E-state index in [4.69, 9.17) is 5.73 Å². The van der Waals surface area contributed by atoms with Gasteiger partial charge in [-0.05, 0) is 41.8 Å². The summed E-state index contributed by atoms with van der Waals surface area (Å²) < 4.78 is 1.80. The molecule has 0 aliphatic carbocycles. The molecule has 8 nitrogen and oxygen atoms in total. The van der Waals surface area contributed by atoms with Crippen molar-refractivity contribution in [2.75, 3.05) is 5.73 Å². The maximum atomic E-state index is 12.9. The molecule has 3 N–H and O–H groups in total. The second-order valence-corrected chi connectivity index (χ2v) is 7.93. The van der Waals surface area contributed by atoms with Gasteiger partial charge in [0, 0.05) is 42.4 Å². The van der Waals surface area contributed by atoms with Gasteiger partial charge in [-0.15, -0.1) is 0 Å². The molecule has 1 atom stereocenters. The smallest absolute Gasteiger partial charge is 0.255 e. The van der Waals surface area contributed by atoms with E-state index >= 15 is 0 Å². The summed E-state index contributed by atoms with van der Waals surface area (Å²) in [6.45, 7) is 0.335. The number of carbonyl (C=O) groups excluding carboxylic acids is 3. The molecule has 0 bridgehead atoms. The van der Waals surface area contributed by atoms with Gasteiger partial charge < -0.3 is 10.6 Å². The number of imide groups is 1. The molecule has 1 saturated heterocycles. The average Bonchev–Trinajstić information content (AvgIpc) is 3.28. The van der Waals surface area contributed by atoms with Gasteiger partial charge in [-0.25, -0.2) is 0 Å². The predicted molar refractivity (Wildman–Crippen MR) is 115 cm³/mol. The first-order valence-corrected chi connectivity index (χ1v) is 10.1. The van der Waals surface area contributed by atoms with Crippen molar-refractivity contribution in [1.82, 2.24) is 20.0 Å². The van der Waals surface area contributed by atoms with E-state index in [0.29, 0.717) is 24.2 Å². The van der Waals surface area contributed by atoms with Crippen LogP contribution in [0.4, 0.5) is 5.69 Å². The number of hydrogen-bond acceptors (Lipinski definition) is 5. The van der Waals surface area contributed by atoms with Crippen molar-refractivity contribution >= 4 is 23.4 Å². The number of nitrogen functional groups attached to an aromatic ring is 1. The van der Waals surface area contributed by atoms with E-state index in [-0.39, 0.29) is 18.2 Å². The molecular formula is C23H21N5O3. The number of anilines is 1. The molecule has 2 aromatic carbocycles. The van der Waals surface area contributed by atoms with Gasteiger partial charge in [0.1, 0.15) is 6.04 Å². The molecule has 31 heavy (non-hydrogen) atoms. The normalized spacial score (nSPS) is 18.3. The van der Waals surface area contributed by atoms with Crippen LogP contribution in [-0.2, 0) is 23.2 Å². The first-order chi connectivity index (χ1) is 14.9. The van der Waals surface area contributed by atoms with Gasteiger partial charge in [0.25, 0.3) is 5.91 Å². The fourth-order valence-corrected chi connectivity index (χ4v) is 4.42. The molecule has 0 radical (unpaired) electrons. The Morgan fingerprint density at radius 3 is 2.68 bits per heavy atom. The minimum Gasteiger partial charge on any atom is -0.399 e. The lowest BCUT2D eigenvalue weighted by Crippen LogP contribution is -2.52. The first-order valence-electron chi connectivity index (χ1n) is 10.1. The third-order valence-corrected chi connectivity index (χ3v) is 5.93. The van der Waals surface area contributed by atoms with Gasteiger partial charge in [-0.3, -0.25) is 24.4 Å². The fourth-order valence-electron chi connectivity index (χ4n) is 4.42. The Morgan fingerprint density at radius 1 is 1.06 bits per heavy atom. The molecule has 3 amide bonds. The Balaban J connectivity index is 1.50. The molecule has 3 aromatic rings. The second-order valence-electron chi connectivity index (χ2n) is 7.93. The SMILES string of the molecule is Cn1ncc(-c2ccc3c(c2)CN(C2CCC(=O)NC2=O)C3=O)c1-c1cccc(N)c1. The number of fused-ring (bicyclic) bond motifs is 1. The lowest BCUT2D eigenvalue weighted by molar-refractivity contribution is -0.136. The molecule has 2 aliphatic rings. The van der Waals surface area contributed by atoms with Crippen LogP contribution in [0.3, 0.4) is 0 Å². The topological polar surface area (TPSA) is 110 Å². The number of nitrogens with one attached hydrogen (secondary N) is 1. The summed E-state index contributed by atoms with van der Waals surface area (Å²) in [6.07, 6.45) is 2.38. The molecule has 0 spiro atoms. The minimum atomic E-state index is -0.623. The number of nitrogens with zero attached hydrogens (tertiary/aromatic N) is 3. The summed E-state index contributed by atoms with van der Waals surface area (Å²) in [6, 6.07) is 12.7. The Bertz CT molecular complexity index is 1250. The van der Waals surface area contributed by atoms with Gasteiger partial charge in [0.05, 0.1) is 11.9 Å². The summed E-state index contributed by atoms with van der Waals surface area (Å²) >= 11 is 0. The zero-order valence-electron chi connectivity index (χ0n) is 17.0. The summed E-state index contributed by atoms with van der Waals surface area (Å²) in [5.41, 5.74) is 11.8. The van der Waals surface area contributed by atoms with E-state index in [0.717, 1.165) is 27.9 Å². The summed E-state index contributed by atoms with van der Waals surface area (Å²) in [7, 11) is 1.88. The van der Waals surface area contributed by atoms with Crippen LogP contribution in [0.2, 0.25) is 0 Å². The number of rotatable bonds is 3. The zero-order valence-corrected chi connectivity index (χ0v) is 17.0. The zero-order chi connectivity index (χ0) is 21.7. The number of nitrogens with two attached hydrogens (primary N) is 1. The highest BCUT2D eigenvalue weighted by Gasteiger charge is 2.39. The molecule has 2 aliphatic heterocycles. The standard InChI is InChI=1S/C23H21N5O3/c1-27-21(14-3-2-4-16(24)10-14)18(11-25-27)13-5-6-17-15(9-13)12-28(23(17)31)19-7-8-20(29)26-22(19)30/h2-6,9-11,19H,7-8,12,24H2,1H3,(H,26,29,30). The third-order valence-electron chi connectivity index (χ3n) is 5.93. The number of aromatic nitrogens is 2. The van der Waals surface area contributed by atoms with Crippen molar-refractivity contribution in [3.05, 3.63) is 59.8 Å². The van der Waals surface area contributed by atoms with E-state index in [1.54, 1.807) is 21.8 Å². The molecule has 1 fully saturated rings. The summed E-state index contributed by atoms with van der Waals surface area (Å²) in [4.78, 5) is 38.2.